The molecule has 0 bridgehead atoms. The Morgan fingerprint density at radius 1 is 1.04 bits per heavy atom. The van der Waals surface area contributed by atoms with Crippen molar-refractivity contribution in [2.75, 3.05) is 31.1 Å². The highest BCUT2D eigenvalue weighted by molar-refractivity contribution is 5.66. The fourth-order valence-electron chi connectivity index (χ4n) is 5.49. The van der Waals surface area contributed by atoms with E-state index in [0.717, 1.165) is 13.1 Å². The second kappa shape index (κ2) is 6.79. The van der Waals surface area contributed by atoms with Crippen LogP contribution in [0.15, 0.2) is 18.2 Å². The smallest absolute Gasteiger partial charge is 0.407 e. The summed E-state index contributed by atoms with van der Waals surface area (Å²) < 4.78 is 0. The van der Waals surface area contributed by atoms with E-state index in [1.165, 1.54) is 41.0 Å². The third-order valence-electron chi connectivity index (χ3n) is 6.07. The van der Waals surface area contributed by atoms with E-state index in [1.807, 2.05) is 0 Å². The van der Waals surface area contributed by atoms with Crippen LogP contribution in [0.1, 0.15) is 64.0 Å². The number of carbonyl (C=O) groups is 1. The molecular formula is C22H34N2O2. The molecule has 1 aromatic rings. The molecule has 1 aliphatic heterocycles. The van der Waals surface area contributed by atoms with E-state index in [2.05, 4.69) is 57.7 Å². The molecule has 4 nitrogen and oxygen atoms in total. The van der Waals surface area contributed by atoms with Gasteiger partial charge in [-0.1, -0.05) is 45.4 Å². The average molecular weight is 359 g/mol. The van der Waals surface area contributed by atoms with Gasteiger partial charge < -0.3 is 14.9 Å². The van der Waals surface area contributed by atoms with Crippen molar-refractivity contribution in [1.29, 1.82) is 0 Å². The zero-order valence-corrected chi connectivity index (χ0v) is 17.0. The van der Waals surface area contributed by atoms with E-state index in [1.54, 1.807) is 0 Å². The van der Waals surface area contributed by atoms with Crippen LogP contribution >= 0.6 is 0 Å². The summed E-state index contributed by atoms with van der Waals surface area (Å²) >= 11 is 0. The van der Waals surface area contributed by atoms with E-state index in [4.69, 9.17) is 0 Å². The Hall–Kier alpha value is -1.71. The Morgan fingerprint density at radius 2 is 1.62 bits per heavy atom. The van der Waals surface area contributed by atoms with Gasteiger partial charge >= 0.3 is 6.09 Å². The molecule has 144 valence electrons. The van der Waals surface area contributed by atoms with Gasteiger partial charge in [-0.2, -0.15) is 0 Å². The highest BCUT2D eigenvalue weighted by Crippen LogP contribution is 2.53. The molecule has 1 N–H and O–H groups in total. The van der Waals surface area contributed by atoms with Crippen LogP contribution in [0.5, 0.6) is 0 Å². The minimum Gasteiger partial charge on any atom is -0.465 e. The predicted octanol–water partition coefficient (Wildman–Crippen LogP) is 5.11. The van der Waals surface area contributed by atoms with Gasteiger partial charge in [-0.15, -0.1) is 0 Å². The van der Waals surface area contributed by atoms with Crippen molar-refractivity contribution in [2.24, 2.45) is 10.8 Å². The average Bonchev–Trinajstić information content (AvgIpc) is 2.52. The molecule has 1 aromatic carbocycles. The molecule has 0 aromatic heterocycles. The van der Waals surface area contributed by atoms with Crippen molar-refractivity contribution in [2.45, 2.75) is 59.8 Å². The fraction of sp³-hybridized carbons (Fsp3) is 0.682. The number of carboxylic acid groups (broad SMARTS) is 1. The van der Waals surface area contributed by atoms with Gasteiger partial charge in [0.2, 0.25) is 0 Å². The first-order chi connectivity index (χ1) is 12.1. The molecule has 0 atom stereocenters. The SMILES string of the molecule is Cc1ccc(N2CCN(C(=O)O)CC2)c(C2CC(C)(C)CC(C)(C)C2)c1. The Balaban J connectivity index is 1.88. The lowest BCUT2D eigenvalue weighted by Gasteiger charge is -2.46. The van der Waals surface area contributed by atoms with Gasteiger partial charge in [0.25, 0.3) is 0 Å². The Morgan fingerprint density at radius 3 is 2.15 bits per heavy atom. The quantitative estimate of drug-likeness (QED) is 0.798. The van der Waals surface area contributed by atoms with E-state index < -0.39 is 6.09 Å². The predicted molar refractivity (Wildman–Crippen MR) is 107 cm³/mol. The second-order valence-electron chi connectivity index (χ2n) is 9.93. The molecule has 0 unspecified atom stereocenters. The minimum atomic E-state index is -0.801. The molecule has 4 heteroatoms. The first kappa shape index (κ1) is 19.1. The standard InChI is InChI=1S/C22H34N2O2/c1-16-6-7-19(23-8-10-24(11-9-23)20(25)26)18(12-16)17-13-21(2,3)15-22(4,5)14-17/h6-7,12,17H,8-11,13-15H2,1-5H3,(H,25,26). The maximum Gasteiger partial charge on any atom is 0.407 e. The molecule has 1 aliphatic carbocycles. The highest BCUT2D eigenvalue weighted by atomic mass is 16.4. The van der Waals surface area contributed by atoms with Gasteiger partial charge in [0.05, 0.1) is 0 Å². The lowest BCUT2D eigenvalue weighted by Crippen LogP contribution is -2.48. The van der Waals surface area contributed by atoms with Gasteiger partial charge in [0.15, 0.2) is 0 Å². The van der Waals surface area contributed by atoms with Crippen molar-refractivity contribution in [3.05, 3.63) is 29.3 Å². The molecule has 2 aliphatic rings. The van der Waals surface area contributed by atoms with Crippen LogP contribution in [-0.4, -0.2) is 42.3 Å². The molecule has 1 saturated heterocycles. The zero-order chi connectivity index (χ0) is 19.1. The number of benzene rings is 1. The van der Waals surface area contributed by atoms with Crippen LogP contribution in [0, 0.1) is 17.8 Å². The molecule has 3 rings (SSSR count). The zero-order valence-electron chi connectivity index (χ0n) is 17.0. The molecule has 1 amide bonds. The first-order valence-corrected chi connectivity index (χ1v) is 9.90. The van der Waals surface area contributed by atoms with E-state index >= 15 is 0 Å². The van der Waals surface area contributed by atoms with Crippen molar-refractivity contribution in [3.8, 4) is 0 Å². The van der Waals surface area contributed by atoms with Gasteiger partial charge in [-0.3, -0.25) is 0 Å². The normalized spacial score (nSPS) is 23.1. The summed E-state index contributed by atoms with van der Waals surface area (Å²) in [6.07, 6.45) is 2.92. The van der Waals surface area contributed by atoms with Crippen molar-refractivity contribution in [1.82, 2.24) is 4.90 Å². The maximum atomic E-state index is 11.2. The van der Waals surface area contributed by atoms with Crippen molar-refractivity contribution in [3.63, 3.8) is 0 Å². The van der Waals surface area contributed by atoms with Crippen molar-refractivity contribution < 1.29 is 9.90 Å². The summed E-state index contributed by atoms with van der Waals surface area (Å²) in [5.41, 5.74) is 4.81. The number of nitrogens with zero attached hydrogens (tertiary/aromatic N) is 2. The highest BCUT2D eigenvalue weighted by Gasteiger charge is 2.40. The first-order valence-electron chi connectivity index (χ1n) is 9.90. The number of aryl methyl sites for hydroxylation is 1. The van der Waals surface area contributed by atoms with Gasteiger partial charge in [0.1, 0.15) is 0 Å². The molecule has 1 saturated carbocycles. The molecule has 0 spiro atoms. The number of amides is 1. The monoisotopic (exact) mass is 358 g/mol. The van der Waals surface area contributed by atoms with Crippen LogP contribution < -0.4 is 4.90 Å². The van der Waals surface area contributed by atoms with Crippen LogP contribution in [0.25, 0.3) is 0 Å². The lowest BCUT2D eigenvalue weighted by molar-refractivity contribution is 0.0969. The number of rotatable bonds is 2. The molecular weight excluding hydrogens is 324 g/mol. The maximum absolute atomic E-state index is 11.2. The van der Waals surface area contributed by atoms with Crippen LogP contribution in [0.4, 0.5) is 10.5 Å². The Labute approximate surface area is 158 Å². The molecule has 26 heavy (non-hydrogen) atoms. The van der Waals surface area contributed by atoms with E-state index in [0.29, 0.717) is 29.8 Å². The van der Waals surface area contributed by atoms with E-state index in [-0.39, 0.29) is 0 Å². The molecule has 0 radical (unpaired) electrons. The second-order valence-corrected chi connectivity index (χ2v) is 9.93. The van der Waals surface area contributed by atoms with Crippen molar-refractivity contribution >= 4 is 11.8 Å². The number of piperazine rings is 1. The minimum absolute atomic E-state index is 0.357. The summed E-state index contributed by atoms with van der Waals surface area (Å²) in [7, 11) is 0. The van der Waals surface area contributed by atoms with Crippen LogP contribution in [0.2, 0.25) is 0 Å². The third-order valence-corrected chi connectivity index (χ3v) is 6.07. The summed E-state index contributed by atoms with van der Waals surface area (Å²) in [5, 5.41) is 9.21. The van der Waals surface area contributed by atoms with Gasteiger partial charge in [0, 0.05) is 31.9 Å². The summed E-state index contributed by atoms with van der Waals surface area (Å²) in [6, 6.07) is 6.83. The largest absolute Gasteiger partial charge is 0.465 e. The molecule has 1 heterocycles. The lowest BCUT2D eigenvalue weighted by atomic mass is 9.60. The fourth-order valence-corrected chi connectivity index (χ4v) is 5.49. The summed E-state index contributed by atoms with van der Waals surface area (Å²) in [5.74, 6) is 0.571. The van der Waals surface area contributed by atoms with Crippen LogP contribution in [0.3, 0.4) is 0 Å². The number of hydrogen-bond donors (Lipinski definition) is 1. The Bertz CT molecular complexity index is 657. The number of anilines is 1. The molecule has 2 fully saturated rings. The van der Waals surface area contributed by atoms with Gasteiger partial charge in [-0.25, -0.2) is 4.79 Å². The number of hydrogen-bond acceptors (Lipinski definition) is 2. The summed E-state index contributed by atoms with van der Waals surface area (Å²) in [6.45, 7) is 14.5. The summed E-state index contributed by atoms with van der Waals surface area (Å²) in [4.78, 5) is 15.1. The van der Waals surface area contributed by atoms with E-state index in [9.17, 15) is 9.90 Å². The third kappa shape index (κ3) is 4.16. The van der Waals surface area contributed by atoms with Gasteiger partial charge in [-0.05, 0) is 54.6 Å². The Kier molecular flexibility index (Phi) is 4.98. The van der Waals surface area contributed by atoms with Crippen LogP contribution in [-0.2, 0) is 0 Å². The topological polar surface area (TPSA) is 43.8 Å².